The molecule has 0 saturated carbocycles. The minimum Gasteiger partial charge on any atom is -0.356 e. The minimum atomic E-state index is -0.146. The molecule has 1 amide bonds. The van der Waals surface area contributed by atoms with Gasteiger partial charge in [0, 0.05) is 25.2 Å². The maximum atomic E-state index is 12.0. The smallest absolute Gasteiger partial charge is 0.234 e. The fourth-order valence-corrected chi connectivity index (χ4v) is 2.90. The van der Waals surface area contributed by atoms with Crippen molar-refractivity contribution < 1.29 is 4.79 Å². The van der Waals surface area contributed by atoms with Crippen LogP contribution in [0.4, 0.5) is 0 Å². The van der Waals surface area contributed by atoms with E-state index in [-0.39, 0.29) is 35.4 Å². The number of halogens is 1. The van der Waals surface area contributed by atoms with Gasteiger partial charge in [0.25, 0.3) is 0 Å². The van der Waals surface area contributed by atoms with Gasteiger partial charge in [0.1, 0.15) is 0 Å². The van der Waals surface area contributed by atoms with Crippen LogP contribution in [0.25, 0.3) is 0 Å². The fourth-order valence-electron chi connectivity index (χ4n) is 2.90. The Labute approximate surface area is 157 Å². The van der Waals surface area contributed by atoms with Crippen LogP contribution >= 0.6 is 24.0 Å². The van der Waals surface area contributed by atoms with Crippen LogP contribution in [0.5, 0.6) is 0 Å². The zero-order chi connectivity index (χ0) is 16.0. The van der Waals surface area contributed by atoms with E-state index in [1.807, 2.05) is 20.8 Å². The van der Waals surface area contributed by atoms with Crippen molar-refractivity contribution in [3.8, 4) is 0 Å². The van der Waals surface area contributed by atoms with Crippen LogP contribution < -0.4 is 16.0 Å². The molecule has 0 bridgehead atoms. The van der Waals surface area contributed by atoms with E-state index in [4.69, 9.17) is 0 Å². The van der Waals surface area contributed by atoms with Crippen molar-refractivity contribution in [1.82, 2.24) is 20.9 Å². The number of rotatable bonds is 4. The lowest BCUT2D eigenvalue weighted by Gasteiger charge is -2.32. The van der Waals surface area contributed by atoms with Gasteiger partial charge >= 0.3 is 0 Å². The average molecular weight is 437 g/mol. The molecule has 2 heterocycles. The van der Waals surface area contributed by atoms with Crippen LogP contribution in [0.15, 0.2) is 4.99 Å². The van der Waals surface area contributed by atoms with Crippen LogP contribution in [0.2, 0.25) is 0 Å². The Morgan fingerprint density at radius 1 is 1.35 bits per heavy atom. The molecule has 23 heavy (non-hydrogen) atoms. The third-order valence-corrected chi connectivity index (χ3v) is 4.04. The van der Waals surface area contributed by atoms with Gasteiger partial charge in [0.05, 0.1) is 6.54 Å². The number of aliphatic imine (C=N–C) groups is 1. The molecular weight excluding hydrogens is 405 g/mol. The van der Waals surface area contributed by atoms with Crippen LogP contribution in [0.3, 0.4) is 0 Å². The van der Waals surface area contributed by atoms with E-state index in [0.717, 1.165) is 57.9 Å². The Morgan fingerprint density at radius 3 is 2.61 bits per heavy atom. The molecule has 0 radical (unpaired) electrons. The third kappa shape index (κ3) is 8.19. The maximum Gasteiger partial charge on any atom is 0.234 e. The zero-order valence-corrected chi connectivity index (χ0v) is 17.0. The van der Waals surface area contributed by atoms with Crippen molar-refractivity contribution in [2.75, 3.05) is 39.3 Å². The summed E-state index contributed by atoms with van der Waals surface area (Å²) in [6, 6.07) is 0. The van der Waals surface area contributed by atoms with Gasteiger partial charge in [-0.1, -0.05) is 0 Å². The molecule has 0 unspecified atom stereocenters. The molecule has 6 nitrogen and oxygen atoms in total. The number of hydrogen-bond donors (Lipinski definition) is 3. The first-order chi connectivity index (χ1) is 10.4. The second-order valence-electron chi connectivity index (χ2n) is 7.41. The van der Waals surface area contributed by atoms with Crippen molar-refractivity contribution in [2.24, 2.45) is 10.9 Å². The molecule has 0 aromatic heterocycles. The van der Waals surface area contributed by atoms with E-state index in [2.05, 4.69) is 25.8 Å². The first-order valence-electron chi connectivity index (χ1n) is 8.48. The van der Waals surface area contributed by atoms with Crippen molar-refractivity contribution in [2.45, 2.75) is 45.6 Å². The van der Waals surface area contributed by atoms with Gasteiger partial charge < -0.3 is 16.0 Å². The first kappa shape index (κ1) is 20.5. The molecule has 0 spiro atoms. The third-order valence-electron chi connectivity index (χ3n) is 4.04. The Bertz CT molecular complexity index is 400. The van der Waals surface area contributed by atoms with Gasteiger partial charge in [-0.15, -0.1) is 24.0 Å². The lowest BCUT2D eigenvalue weighted by Crippen LogP contribution is -2.48. The van der Waals surface area contributed by atoms with Gasteiger partial charge in [-0.25, -0.2) is 0 Å². The summed E-state index contributed by atoms with van der Waals surface area (Å²) in [5.74, 6) is 1.76. The lowest BCUT2D eigenvalue weighted by atomic mass is 9.97. The van der Waals surface area contributed by atoms with E-state index in [9.17, 15) is 4.79 Å². The number of nitrogens with zero attached hydrogens (tertiary/aromatic N) is 2. The molecule has 0 atom stereocenters. The van der Waals surface area contributed by atoms with Gasteiger partial charge in [-0.2, -0.15) is 0 Å². The molecule has 134 valence electrons. The molecule has 7 heteroatoms. The summed E-state index contributed by atoms with van der Waals surface area (Å²) in [6.07, 6.45) is 3.41. The summed E-state index contributed by atoms with van der Waals surface area (Å²) in [4.78, 5) is 18.6. The van der Waals surface area contributed by atoms with Gasteiger partial charge in [0.15, 0.2) is 5.96 Å². The van der Waals surface area contributed by atoms with E-state index in [1.165, 1.54) is 0 Å². The van der Waals surface area contributed by atoms with E-state index < -0.39 is 0 Å². The summed E-state index contributed by atoms with van der Waals surface area (Å²) < 4.78 is 0. The SMILES string of the molecule is CC(C)(C)NC(=O)CN1CCC(CNC2=NCCCN2)CC1.I. The highest BCUT2D eigenvalue weighted by atomic mass is 127. The number of piperidine rings is 1. The molecule has 2 aliphatic rings. The fraction of sp³-hybridized carbons (Fsp3) is 0.875. The largest absolute Gasteiger partial charge is 0.356 e. The molecule has 3 N–H and O–H groups in total. The number of guanidine groups is 1. The normalized spacial score (nSPS) is 20.0. The monoisotopic (exact) mass is 437 g/mol. The van der Waals surface area contributed by atoms with Crippen molar-refractivity contribution >= 4 is 35.8 Å². The van der Waals surface area contributed by atoms with E-state index in [1.54, 1.807) is 0 Å². The van der Waals surface area contributed by atoms with Crippen LogP contribution in [-0.4, -0.2) is 61.6 Å². The molecule has 0 aromatic rings. The van der Waals surface area contributed by atoms with Crippen molar-refractivity contribution in [3.63, 3.8) is 0 Å². The quantitative estimate of drug-likeness (QED) is 0.578. The number of likely N-dealkylation sites (tertiary alicyclic amines) is 1. The molecule has 0 aliphatic carbocycles. The second kappa shape index (κ2) is 9.66. The highest BCUT2D eigenvalue weighted by molar-refractivity contribution is 14.0. The number of nitrogens with one attached hydrogen (secondary N) is 3. The molecule has 1 saturated heterocycles. The Hall–Kier alpha value is -0.570. The van der Waals surface area contributed by atoms with Gasteiger partial charge in [-0.05, 0) is 59.0 Å². The van der Waals surface area contributed by atoms with Crippen LogP contribution in [-0.2, 0) is 4.79 Å². The van der Waals surface area contributed by atoms with Gasteiger partial charge in [0.2, 0.25) is 5.91 Å². The van der Waals surface area contributed by atoms with E-state index in [0.29, 0.717) is 12.5 Å². The predicted molar refractivity (Wildman–Crippen MR) is 105 cm³/mol. The predicted octanol–water partition coefficient (Wildman–Crippen LogP) is 1.17. The molecule has 0 aromatic carbocycles. The summed E-state index contributed by atoms with van der Waals surface area (Å²) in [5.41, 5.74) is -0.146. The summed E-state index contributed by atoms with van der Waals surface area (Å²) in [7, 11) is 0. The molecular formula is C16H32IN5O. The Morgan fingerprint density at radius 2 is 2.04 bits per heavy atom. The van der Waals surface area contributed by atoms with Crippen LogP contribution in [0, 0.1) is 5.92 Å². The highest BCUT2D eigenvalue weighted by Gasteiger charge is 2.22. The minimum absolute atomic E-state index is 0. The highest BCUT2D eigenvalue weighted by Crippen LogP contribution is 2.16. The molecule has 1 fully saturated rings. The summed E-state index contributed by atoms with van der Waals surface area (Å²) in [5, 5.41) is 9.74. The number of amides is 1. The van der Waals surface area contributed by atoms with Crippen molar-refractivity contribution in [1.29, 1.82) is 0 Å². The maximum absolute atomic E-state index is 12.0. The summed E-state index contributed by atoms with van der Waals surface area (Å²) >= 11 is 0. The average Bonchev–Trinajstić information content (AvgIpc) is 2.45. The number of hydrogen-bond acceptors (Lipinski definition) is 5. The molecule has 2 aliphatic heterocycles. The standard InChI is InChI=1S/C16H31N5O.HI/c1-16(2,3)20-14(22)12-21-9-5-13(6-10-21)11-19-15-17-7-4-8-18-15;/h13H,4-12H2,1-3H3,(H,20,22)(H2,17,18,19);1H. The zero-order valence-electron chi connectivity index (χ0n) is 14.7. The van der Waals surface area contributed by atoms with Gasteiger partial charge in [-0.3, -0.25) is 14.7 Å². The second-order valence-corrected chi connectivity index (χ2v) is 7.41. The number of carbonyl (C=O) groups is 1. The summed E-state index contributed by atoms with van der Waals surface area (Å²) in [6.45, 7) is 11.5. The Kier molecular flexibility index (Phi) is 8.60. The first-order valence-corrected chi connectivity index (χ1v) is 8.48. The molecule has 2 rings (SSSR count). The lowest BCUT2D eigenvalue weighted by molar-refractivity contribution is -0.124. The number of carbonyl (C=O) groups excluding carboxylic acids is 1. The van der Waals surface area contributed by atoms with Crippen LogP contribution in [0.1, 0.15) is 40.0 Å². The van der Waals surface area contributed by atoms with Crippen molar-refractivity contribution in [3.05, 3.63) is 0 Å². The topological polar surface area (TPSA) is 68.8 Å². The van der Waals surface area contributed by atoms with E-state index >= 15 is 0 Å². The Balaban J connectivity index is 0.00000264.